The summed E-state index contributed by atoms with van der Waals surface area (Å²) in [5, 5.41) is 13.2. The summed E-state index contributed by atoms with van der Waals surface area (Å²) in [5.41, 5.74) is 3.15. The van der Waals surface area contributed by atoms with Gasteiger partial charge in [0.1, 0.15) is 5.75 Å². The molecule has 20 heavy (non-hydrogen) atoms. The van der Waals surface area contributed by atoms with Gasteiger partial charge in [0.15, 0.2) is 0 Å². The number of benzene rings is 2. The molecule has 0 radical (unpaired) electrons. The molecule has 2 N–H and O–H groups in total. The van der Waals surface area contributed by atoms with Crippen molar-refractivity contribution in [2.24, 2.45) is 0 Å². The maximum Gasteiger partial charge on any atom is 0.137 e. The van der Waals surface area contributed by atoms with Crippen molar-refractivity contribution < 1.29 is 9.84 Å². The predicted octanol–water partition coefficient (Wildman–Crippen LogP) is 3.13. The van der Waals surface area contributed by atoms with Gasteiger partial charge in [-0.15, -0.1) is 0 Å². The Hall–Kier alpha value is -1.55. The molecule has 0 heterocycles. The van der Waals surface area contributed by atoms with Crippen molar-refractivity contribution in [1.82, 2.24) is 5.32 Å². The molecular formula is C16H18ClNO2. The molecule has 0 unspecified atom stereocenters. The SMILES string of the molecule is COc1ccc(CNCc2ccccc2CO)cc1Cl. The Morgan fingerprint density at radius 2 is 1.85 bits per heavy atom. The molecule has 0 saturated carbocycles. The highest BCUT2D eigenvalue weighted by molar-refractivity contribution is 6.32. The quantitative estimate of drug-likeness (QED) is 0.859. The number of rotatable bonds is 6. The van der Waals surface area contributed by atoms with Crippen LogP contribution in [-0.2, 0) is 19.7 Å². The Kier molecular flexibility index (Phi) is 5.41. The standard InChI is InChI=1S/C16H18ClNO2/c1-20-16-7-6-12(8-15(16)17)9-18-10-13-4-2-3-5-14(13)11-19/h2-8,18-19H,9-11H2,1H3. The number of hydrogen-bond donors (Lipinski definition) is 2. The summed E-state index contributed by atoms with van der Waals surface area (Å²) >= 11 is 6.09. The number of methoxy groups -OCH3 is 1. The van der Waals surface area contributed by atoms with Crippen LogP contribution in [0.15, 0.2) is 42.5 Å². The van der Waals surface area contributed by atoms with E-state index in [0.717, 1.165) is 16.7 Å². The number of nitrogens with one attached hydrogen (secondary N) is 1. The molecule has 0 bridgehead atoms. The fraction of sp³-hybridized carbons (Fsp3) is 0.250. The van der Waals surface area contributed by atoms with E-state index in [1.54, 1.807) is 7.11 Å². The lowest BCUT2D eigenvalue weighted by Crippen LogP contribution is -2.14. The van der Waals surface area contributed by atoms with E-state index in [-0.39, 0.29) is 6.61 Å². The van der Waals surface area contributed by atoms with Gasteiger partial charge in [0.05, 0.1) is 18.7 Å². The van der Waals surface area contributed by atoms with Crippen molar-refractivity contribution in [3.63, 3.8) is 0 Å². The van der Waals surface area contributed by atoms with Crippen LogP contribution < -0.4 is 10.1 Å². The number of aliphatic hydroxyl groups excluding tert-OH is 1. The van der Waals surface area contributed by atoms with Crippen molar-refractivity contribution in [2.75, 3.05) is 7.11 Å². The van der Waals surface area contributed by atoms with Crippen LogP contribution in [0.5, 0.6) is 5.75 Å². The first-order valence-corrected chi connectivity index (χ1v) is 6.83. The van der Waals surface area contributed by atoms with Gasteiger partial charge in [-0.05, 0) is 28.8 Å². The average Bonchev–Trinajstić information content (AvgIpc) is 2.48. The third-order valence-electron chi connectivity index (χ3n) is 3.15. The van der Waals surface area contributed by atoms with Gasteiger partial charge in [-0.25, -0.2) is 0 Å². The lowest BCUT2D eigenvalue weighted by atomic mass is 10.1. The maximum absolute atomic E-state index is 9.27. The Morgan fingerprint density at radius 1 is 1.10 bits per heavy atom. The zero-order valence-corrected chi connectivity index (χ0v) is 12.2. The van der Waals surface area contributed by atoms with E-state index < -0.39 is 0 Å². The molecular weight excluding hydrogens is 274 g/mol. The molecule has 0 aliphatic rings. The minimum absolute atomic E-state index is 0.0617. The van der Waals surface area contributed by atoms with E-state index >= 15 is 0 Å². The van der Waals surface area contributed by atoms with Gasteiger partial charge in [-0.3, -0.25) is 0 Å². The van der Waals surface area contributed by atoms with Crippen LogP contribution in [0.25, 0.3) is 0 Å². The summed E-state index contributed by atoms with van der Waals surface area (Å²) in [5.74, 6) is 0.682. The zero-order valence-electron chi connectivity index (χ0n) is 11.4. The van der Waals surface area contributed by atoms with E-state index in [4.69, 9.17) is 16.3 Å². The summed E-state index contributed by atoms with van der Waals surface area (Å²) in [7, 11) is 1.60. The van der Waals surface area contributed by atoms with E-state index in [9.17, 15) is 5.11 Å². The van der Waals surface area contributed by atoms with Crippen LogP contribution in [0.2, 0.25) is 5.02 Å². The van der Waals surface area contributed by atoms with Gasteiger partial charge < -0.3 is 15.2 Å². The molecule has 3 nitrogen and oxygen atoms in total. The fourth-order valence-corrected chi connectivity index (χ4v) is 2.33. The lowest BCUT2D eigenvalue weighted by Gasteiger charge is -2.10. The summed E-state index contributed by atoms with van der Waals surface area (Å²) in [4.78, 5) is 0. The normalized spacial score (nSPS) is 10.6. The first-order valence-electron chi connectivity index (χ1n) is 6.45. The average molecular weight is 292 g/mol. The van der Waals surface area contributed by atoms with Crippen molar-refractivity contribution in [2.45, 2.75) is 19.7 Å². The zero-order chi connectivity index (χ0) is 14.4. The minimum Gasteiger partial charge on any atom is -0.495 e. The molecule has 0 atom stereocenters. The smallest absolute Gasteiger partial charge is 0.137 e. The van der Waals surface area contributed by atoms with Crippen molar-refractivity contribution in [3.8, 4) is 5.75 Å². The molecule has 0 fully saturated rings. The summed E-state index contributed by atoms with van der Waals surface area (Å²) in [6.45, 7) is 1.48. The molecule has 2 aromatic carbocycles. The van der Waals surface area contributed by atoms with Gasteiger partial charge >= 0.3 is 0 Å². The van der Waals surface area contributed by atoms with Crippen molar-refractivity contribution in [3.05, 3.63) is 64.2 Å². The van der Waals surface area contributed by atoms with Crippen LogP contribution in [-0.4, -0.2) is 12.2 Å². The number of ether oxygens (including phenoxy) is 1. The second kappa shape index (κ2) is 7.29. The van der Waals surface area contributed by atoms with Crippen LogP contribution in [0, 0.1) is 0 Å². The van der Waals surface area contributed by atoms with Gasteiger partial charge in [-0.1, -0.05) is 41.9 Å². The Balaban J connectivity index is 1.94. The summed E-state index contributed by atoms with van der Waals surface area (Å²) in [6.07, 6.45) is 0. The second-order valence-corrected chi connectivity index (χ2v) is 4.91. The van der Waals surface area contributed by atoms with E-state index in [2.05, 4.69) is 5.32 Å². The topological polar surface area (TPSA) is 41.5 Å². The molecule has 106 valence electrons. The highest BCUT2D eigenvalue weighted by atomic mass is 35.5. The van der Waals surface area contributed by atoms with Crippen molar-refractivity contribution in [1.29, 1.82) is 0 Å². The molecule has 0 amide bonds. The third-order valence-corrected chi connectivity index (χ3v) is 3.44. The van der Waals surface area contributed by atoms with E-state index in [1.807, 2.05) is 42.5 Å². The number of hydrogen-bond acceptors (Lipinski definition) is 3. The Bertz CT molecular complexity index is 572. The van der Waals surface area contributed by atoms with Crippen LogP contribution >= 0.6 is 11.6 Å². The van der Waals surface area contributed by atoms with Crippen LogP contribution in [0.4, 0.5) is 0 Å². The van der Waals surface area contributed by atoms with Crippen LogP contribution in [0.3, 0.4) is 0 Å². The van der Waals surface area contributed by atoms with Gasteiger partial charge in [0, 0.05) is 13.1 Å². The minimum atomic E-state index is 0.0617. The third kappa shape index (κ3) is 3.73. The molecule has 0 aromatic heterocycles. The van der Waals surface area contributed by atoms with Crippen LogP contribution in [0.1, 0.15) is 16.7 Å². The lowest BCUT2D eigenvalue weighted by molar-refractivity contribution is 0.280. The molecule has 0 aliphatic heterocycles. The summed E-state index contributed by atoms with van der Waals surface area (Å²) < 4.78 is 5.12. The molecule has 0 spiro atoms. The predicted molar refractivity (Wildman–Crippen MR) is 80.9 cm³/mol. The maximum atomic E-state index is 9.27. The first kappa shape index (κ1) is 14.9. The molecule has 0 aliphatic carbocycles. The van der Waals surface area contributed by atoms with Gasteiger partial charge in [-0.2, -0.15) is 0 Å². The highest BCUT2D eigenvalue weighted by Crippen LogP contribution is 2.24. The molecule has 2 rings (SSSR count). The van der Waals surface area contributed by atoms with Gasteiger partial charge in [0.2, 0.25) is 0 Å². The van der Waals surface area contributed by atoms with Gasteiger partial charge in [0.25, 0.3) is 0 Å². The summed E-state index contributed by atoms with van der Waals surface area (Å²) in [6, 6.07) is 13.6. The molecule has 0 saturated heterocycles. The fourth-order valence-electron chi connectivity index (χ4n) is 2.05. The largest absolute Gasteiger partial charge is 0.495 e. The Labute approximate surface area is 124 Å². The van der Waals surface area contributed by atoms with E-state index in [1.165, 1.54) is 0 Å². The first-order chi connectivity index (χ1) is 9.74. The second-order valence-electron chi connectivity index (χ2n) is 4.50. The number of halogens is 1. The Morgan fingerprint density at radius 3 is 2.50 bits per heavy atom. The monoisotopic (exact) mass is 291 g/mol. The highest BCUT2D eigenvalue weighted by Gasteiger charge is 2.03. The molecule has 2 aromatic rings. The van der Waals surface area contributed by atoms with Crippen molar-refractivity contribution >= 4 is 11.6 Å². The number of aliphatic hydroxyl groups is 1. The van der Waals surface area contributed by atoms with E-state index in [0.29, 0.717) is 23.9 Å². The molecule has 4 heteroatoms.